The average Bonchev–Trinajstić information content (AvgIpc) is 3.66. The Morgan fingerprint density at radius 2 is 1.79 bits per heavy atom. The van der Waals surface area contributed by atoms with Gasteiger partial charge in [-0.2, -0.15) is 5.10 Å². The van der Waals surface area contributed by atoms with Gasteiger partial charge in [-0.25, -0.2) is 19.4 Å². The molecule has 2 aliphatic rings. The molecule has 0 spiro atoms. The van der Waals surface area contributed by atoms with E-state index < -0.39 is 5.60 Å². The highest BCUT2D eigenvalue weighted by molar-refractivity contribution is 6.05. The summed E-state index contributed by atoms with van der Waals surface area (Å²) in [6.07, 6.45) is 2.93. The summed E-state index contributed by atoms with van der Waals surface area (Å²) < 4.78 is 7.61. The maximum atomic E-state index is 13.0. The van der Waals surface area contributed by atoms with Crippen molar-refractivity contribution in [1.82, 2.24) is 24.6 Å². The maximum Gasteiger partial charge on any atom is 0.410 e. The van der Waals surface area contributed by atoms with E-state index in [1.807, 2.05) is 60.7 Å². The summed E-state index contributed by atoms with van der Waals surface area (Å²) in [5, 5.41) is 8.67. The van der Waals surface area contributed by atoms with Crippen LogP contribution in [0.2, 0.25) is 0 Å². The van der Waals surface area contributed by atoms with Gasteiger partial charge in [0.2, 0.25) is 0 Å². The first-order valence-electron chi connectivity index (χ1n) is 14.5. The van der Waals surface area contributed by atoms with Crippen molar-refractivity contribution >= 4 is 34.5 Å². The molecule has 2 aromatic heterocycles. The number of ether oxygens (including phenoxy) is 1. The van der Waals surface area contributed by atoms with Crippen LogP contribution in [-0.4, -0.2) is 54.8 Å². The Balaban J connectivity index is 1.28. The zero-order valence-corrected chi connectivity index (χ0v) is 24.7. The van der Waals surface area contributed by atoms with Crippen LogP contribution >= 0.6 is 0 Å². The molecule has 10 nitrogen and oxygen atoms in total. The number of anilines is 2. The lowest BCUT2D eigenvalue weighted by atomic mass is 10.0. The lowest BCUT2D eigenvalue weighted by Gasteiger charge is -2.34. The zero-order chi connectivity index (χ0) is 29.8. The predicted molar refractivity (Wildman–Crippen MR) is 162 cm³/mol. The molecule has 3 atom stereocenters. The molecule has 2 aromatic carbocycles. The second-order valence-electron chi connectivity index (χ2n) is 12.7. The van der Waals surface area contributed by atoms with Gasteiger partial charge in [0.15, 0.2) is 5.65 Å². The lowest BCUT2D eigenvalue weighted by Crippen LogP contribution is -2.45. The zero-order valence-electron chi connectivity index (χ0n) is 24.7. The van der Waals surface area contributed by atoms with Gasteiger partial charge in [-0.1, -0.05) is 38.1 Å². The number of nitrogens with zero attached hydrogens (tertiary/aromatic N) is 5. The number of aromatic nitrogens is 4. The highest BCUT2D eigenvalue weighted by Gasteiger charge is 2.49. The van der Waals surface area contributed by atoms with Crippen molar-refractivity contribution in [3.05, 3.63) is 66.0 Å². The number of carbonyl (C=O) groups is 2. The molecule has 0 radical (unpaired) electrons. The van der Waals surface area contributed by atoms with Crippen molar-refractivity contribution in [3.63, 3.8) is 0 Å². The third-order valence-electron chi connectivity index (χ3n) is 8.14. The number of hydrogen-bond acceptors (Lipinski definition) is 7. The fraction of sp³-hybridized carbons (Fsp3) is 0.406. The number of piperidine rings is 1. The first-order chi connectivity index (χ1) is 20.0. The number of rotatable bonds is 5. The highest BCUT2D eigenvalue weighted by atomic mass is 16.6. The van der Waals surface area contributed by atoms with E-state index in [1.54, 1.807) is 12.1 Å². The van der Waals surface area contributed by atoms with Gasteiger partial charge in [-0.05, 0) is 75.3 Å². The van der Waals surface area contributed by atoms with Crippen LogP contribution in [0.25, 0.3) is 22.3 Å². The van der Waals surface area contributed by atoms with E-state index in [9.17, 15) is 9.59 Å². The molecule has 1 aliphatic carbocycles. The van der Waals surface area contributed by atoms with Crippen molar-refractivity contribution in [2.24, 2.45) is 5.92 Å². The molecule has 3 N–H and O–H groups in total. The summed E-state index contributed by atoms with van der Waals surface area (Å²) in [7, 11) is 0. The van der Waals surface area contributed by atoms with Crippen molar-refractivity contribution < 1.29 is 14.3 Å². The van der Waals surface area contributed by atoms with Crippen molar-refractivity contribution in [1.29, 1.82) is 0 Å². The van der Waals surface area contributed by atoms with E-state index in [0.29, 0.717) is 46.5 Å². The molecule has 10 heteroatoms. The van der Waals surface area contributed by atoms with Crippen LogP contribution in [0.3, 0.4) is 0 Å². The monoisotopic (exact) mass is 567 g/mol. The van der Waals surface area contributed by atoms with Crippen molar-refractivity contribution in [2.75, 3.05) is 17.6 Å². The SMILES string of the molecule is CC(C)c1cccc(NC(=O)c2ccc(-c3nn(C4CC5CC4N(C(=O)OC(C)(C)C)C5)c4ncnc(N)c34)cc2)c1. The summed E-state index contributed by atoms with van der Waals surface area (Å²) in [4.78, 5) is 36.7. The maximum absolute atomic E-state index is 13.0. The Morgan fingerprint density at radius 3 is 2.48 bits per heavy atom. The van der Waals surface area contributed by atoms with Crippen LogP contribution in [0.15, 0.2) is 54.9 Å². The van der Waals surface area contributed by atoms with Crippen LogP contribution in [0, 0.1) is 5.92 Å². The number of likely N-dealkylation sites (tertiary alicyclic amines) is 1. The van der Waals surface area contributed by atoms with Crippen LogP contribution in [-0.2, 0) is 4.74 Å². The summed E-state index contributed by atoms with van der Waals surface area (Å²) in [5.41, 5.74) is 10.3. The van der Waals surface area contributed by atoms with Crippen molar-refractivity contribution in [3.8, 4) is 11.3 Å². The Labute approximate surface area is 245 Å². The predicted octanol–water partition coefficient (Wildman–Crippen LogP) is 6.02. The normalized spacial score (nSPS) is 20.0. The number of nitrogen functional groups attached to an aromatic ring is 1. The third kappa shape index (κ3) is 5.17. The molecule has 3 unspecified atom stereocenters. The quantitative estimate of drug-likeness (QED) is 0.302. The molecule has 1 aliphatic heterocycles. The number of benzene rings is 2. The third-order valence-corrected chi connectivity index (χ3v) is 8.14. The summed E-state index contributed by atoms with van der Waals surface area (Å²) in [6, 6.07) is 15.1. The first kappa shape index (κ1) is 27.7. The molecule has 218 valence electrons. The van der Waals surface area contributed by atoms with Crippen LogP contribution < -0.4 is 11.1 Å². The molecule has 1 saturated heterocycles. The number of fused-ring (bicyclic) bond motifs is 3. The van der Waals surface area contributed by atoms with Crippen LogP contribution in [0.5, 0.6) is 0 Å². The molecule has 42 heavy (non-hydrogen) atoms. The molecular weight excluding hydrogens is 530 g/mol. The molecule has 1 saturated carbocycles. The molecule has 2 amide bonds. The first-order valence-corrected chi connectivity index (χ1v) is 14.5. The van der Waals surface area contributed by atoms with Crippen LogP contribution in [0.1, 0.15) is 75.3 Å². The molecule has 3 heterocycles. The van der Waals surface area contributed by atoms with E-state index in [4.69, 9.17) is 15.6 Å². The van der Waals surface area contributed by atoms with E-state index >= 15 is 0 Å². The van der Waals surface area contributed by atoms with Crippen molar-refractivity contribution in [2.45, 2.75) is 71.1 Å². The Bertz CT molecular complexity index is 1660. The van der Waals surface area contributed by atoms with Gasteiger partial charge in [0.1, 0.15) is 23.4 Å². The summed E-state index contributed by atoms with van der Waals surface area (Å²) in [5.74, 6) is 0.880. The van der Waals surface area contributed by atoms with Gasteiger partial charge >= 0.3 is 6.09 Å². The van der Waals surface area contributed by atoms with Gasteiger partial charge in [-0.15, -0.1) is 0 Å². The molecular formula is C32H37N7O3. The van der Waals surface area contributed by atoms with Gasteiger partial charge in [0.05, 0.1) is 17.5 Å². The number of carbonyl (C=O) groups excluding carboxylic acids is 2. The standard InChI is InChI=1S/C32H37N7O3/c1-18(2)22-7-6-8-23(15-22)36-30(40)21-11-9-20(10-12-21)27-26-28(33)34-17-35-29(26)39(37-27)25-14-19-13-24(25)38(16-19)31(41)42-32(3,4)5/h6-12,15,17-19,24-25H,13-14,16H2,1-5H3,(H,36,40)(H2,33,34,35). The number of hydrogen-bond donors (Lipinski definition) is 2. The largest absolute Gasteiger partial charge is 0.444 e. The lowest BCUT2D eigenvalue weighted by molar-refractivity contribution is 0.0135. The number of nitrogens with one attached hydrogen (secondary N) is 1. The molecule has 2 fully saturated rings. The molecule has 6 rings (SSSR count). The van der Waals surface area contributed by atoms with E-state index in [-0.39, 0.29) is 24.1 Å². The number of amides is 2. The van der Waals surface area contributed by atoms with E-state index in [2.05, 4.69) is 35.2 Å². The Kier molecular flexibility index (Phi) is 6.87. The second-order valence-corrected chi connectivity index (χ2v) is 12.7. The average molecular weight is 568 g/mol. The Hall–Kier alpha value is -4.47. The minimum atomic E-state index is -0.567. The fourth-order valence-electron chi connectivity index (χ4n) is 6.17. The van der Waals surface area contributed by atoms with Gasteiger partial charge in [0, 0.05) is 23.4 Å². The summed E-state index contributed by atoms with van der Waals surface area (Å²) >= 11 is 0. The minimum Gasteiger partial charge on any atom is -0.444 e. The van der Waals surface area contributed by atoms with Gasteiger partial charge in [-0.3, -0.25) is 4.79 Å². The molecule has 2 bridgehead atoms. The fourth-order valence-corrected chi connectivity index (χ4v) is 6.17. The number of nitrogens with two attached hydrogens (primary N) is 1. The second kappa shape index (κ2) is 10.4. The highest BCUT2D eigenvalue weighted by Crippen LogP contribution is 2.46. The van der Waals surface area contributed by atoms with Crippen LogP contribution in [0.4, 0.5) is 16.3 Å². The van der Waals surface area contributed by atoms with E-state index in [0.717, 1.165) is 29.7 Å². The minimum absolute atomic E-state index is 0.0442. The topological polar surface area (TPSA) is 128 Å². The Morgan fingerprint density at radius 1 is 1.05 bits per heavy atom. The smallest absolute Gasteiger partial charge is 0.410 e. The van der Waals surface area contributed by atoms with E-state index in [1.165, 1.54) is 6.33 Å². The van der Waals surface area contributed by atoms with Gasteiger partial charge in [0.25, 0.3) is 5.91 Å². The molecule has 4 aromatic rings. The summed E-state index contributed by atoms with van der Waals surface area (Å²) in [6.45, 7) is 10.6. The van der Waals surface area contributed by atoms with Gasteiger partial charge < -0.3 is 20.7 Å².